The van der Waals surface area contributed by atoms with Gasteiger partial charge in [0.05, 0.1) is 19.6 Å². The fraction of sp³-hybridized carbons (Fsp3) is 0.500. The summed E-state index contributed by atoms with van der Waals surface area (Å²) in [6, 6.07) is 5.87. The van der Waals surface area contributed by atoms with Crippen LogP contribution in [0.4, 0.5) is 11.4 Å². The van der Waals surface area contributed by atoms with Crippen molar-refractivity contribution in [3.8, 4) is 0 Å². The van der Waals surface area contributed by atoms with Crippen LogP contribution in [0.2, 0.25) is 0 Å². The Morgan fingerprint density at radius 2 is 2.11 bits per heavy atom. The van der Waals surface area contributed by atoms with Crippen molar-refractivity contribution < 1.29 is 9.53 Å². The molecule has 1 aliphatic carbocycles. The second-order valence-corrected chi connectivity index (χ2v) is 5.00. The first kappa shape index (κ1) is 11.5. The minimum absolute atomic E-state index is 0.152. The molecule has 1 amide bonds. The maximum absolute atomic E-state index is 12.1. The van der Waals surface area contributed by atoms with E-state index in [-0.39, 0.29) is 5.91 Å². The van der Waals surface area contributed by atoms with Crippen molar-refractivity contribution >= 4 is 17.3 Å². The van der Waals surface area contributed by atoms with Gasteiger partial charge >= 0.3 is 0 Å². The van der Waals surface area contributed by atoms with Crippen LogP contribution in [0.1, 0.15) is 30.7 Å². The average molecular weight is 246 g/mol. The Morgan fingerprint density at radius 1 is 1.28 bits per heavy atom. The van der Waals surface area contributed by atoms with E-state index < -0.39 is 0 Å². The average Bonchev–Trinajstić information content (AvgIpc) is 3.17. The molecule has 4 nitrogen and oxygen atoms in total. The van der Waals surface area contributed by atoms with E-state index >= 15 is 0 Å². The first-order valence-electron chi connectivity index (χ1n) is 6.53. The lowest BCUT2D eigenvalue weighted by Gasteiger charge is -2.23. The lowest BCUT2D eigenvalue weighted by molar-refractivity contribution is -0.118. The molecule has 1 aliphatic heterocycles. The zero-order chi connectivity index (χ0) is 12.5. The van der Waals surface area contributed by atoms with Gasteiger partial charge in [0, 0.05) is 17.9 Å². The lowest BCUT2D eigenvalue weighted by atomic mass is 10.1. The predicted octanol–water partition coefficient (Wildman–Crippen LogP) is 1.90. The summed E-state index contributed by atoms with van der Waals surface area (Å²) >= 11 is 0. The van der Waals surface area contributed by atoms with Crippen LogP contribution in [-0.4, -0.2) is 25.7 Å². The van der Waals surface area contributed by atoms with Crippen LogP contribution in [0, 0.1) is 0 Å². The number of nitrogens with zero attached hydrogens (tertiary/aromatic N) is 1. The third kappa shape index (κ3) is 2.20. The first-order chi connectivity index (χ1) is 8.75. The molecule has 2 N–H and O–H groups in total. The first-order valence-corrected chi connectivity index (χ1v) is 6.53. The standard InChI is InChI=1S/C14H18N2O2/c15-11-3-4-13(12(9-11)10-1-2-10)16-6-8-18-7-5-14(16)17/h3-4,9-10H,1-2,5-8,15H2. The second-order valence-electron chi connectivity index (χ2n) is 5.00. The smallest absolute Gasteiger partial charge is 0.229 e. The summed E-state index contributed by atoms with van der Waals surface area (Å²) in [6.45, 7) is 1.78. The lowest BCUT2D eigenvalue weighted by Crippen LogP contribution is -2.32. The number of benzene rings is 1. The van der Waals surface area contributed by atoms with Crippen LogP contribution in [0.3, 0.4) is 0 Å². The van der Waals surface area contributed by atoms with E-state index in [2.05, 4.69) is 0 Å². The number of hydrogen-bond donors (Lipinski definition) is 1. The summed E-state index contributed by atoms with van der Waals surface area (Å²) in [4.78, 5) is 14.0. The molecule has 18 heavy (non-hydrogen) atoms. The Morgan fingerprint density at radius 3 is 2.89 bits per heavy atom. The highest BCUT2D eigenvalue weighted by Gasteiger charge is 2.30. The van der Waals surface area contributed by atoms with Crippen molar-refractivity contribution in [2.45, 2.75) is 25.2 Å². The second kappa shape index (κ2) is 4.61. The van der Waals surface area contributed by atoms with Crippen LogP contribution in [-0.2, 0) is 9.53 Å². The van der Waals surface area contributed by atoms with Gasteiger partial charge in [-0.2, -0.15) is 0 Å². The SMILES string of the molecule is Nc1ccc(N2CCOCCC2=O)c(C2CC2)c1. The molecule has 1 aromatic rings. The van der Waals surface area contributed by atoms with E-state index in [0.29, 0.717) is 32.1 Å². The summed E-state index contributed by atoms with van der Waals surface area (Å²) in [5.74, 6) is 0.736. The Labute approximate surface area is 107 Å². The number of anilines is 2. The van der Waals surface area contributed by atoms with E-state index in [0.717, 1.165) is 11.4 Å². The molecular weight excluding hydrogens is 228 g/mol. The highest BCUT2D eigenvalue weighted by molar-refractivity contribution is 5.94. The number of carbonyl (C=O) groups is 1. The molecule has 1 saturated heterocycles. The number of rotatable bonds is 2. The Bertz CT molecular complexity index is 469. The fourth-order valence-corrected chi connectivity index (χ4v) is 2.47. The van der Waals surface area contributed by atoms with Gasteiger partial charge in [-0.1, -0.05) is 0 Å². The molecule has 0 bridgehead atoms. The summed E-state index contributed by atoms with van der Waals surface area (Å²) in [5, 5.41) is 0. The zero-order valence-electron chi connectivity index (χ0n) is 10.4. The molecule has 0 atom stereocenters. The van der Waals surface area contributed by atoms with Gasteiger partial charge in [0.15, 0.2) is 0 Å². The van der Waals surface area contributed by atoms with Crippen molar-refractivity contribution in [3.05, 3.63) is 23.8 Å². The topological polar surface area (TPSA) is 55.6 Å². The molecule has 3 rings (SSSR count). The third-order valence-corrected chi connectivity index (χ3v) is 3.58. The van der Waals surface area contributed by atoms with Gasteiger partial charge in [0.25, 0.3) is 0 Å². The van der Waals surface area contributed by atoms with Gasteiger partial charge in [-0.15, -0.1) is 0 Å². The molecule has 2 fully saturated rings. The molecule has 0 aromatic heterocycles. The predicted molar refractivity (Wildman–Crippen MR) is 70.6 cm³/mol. The van der Waals surface area contributed by atoms with Crippen molar-refractivity contribution in [2.24, 2.45) is 0 Å². The maximum Gasteiger partial charge on any atom is 0.229 e. The van der Waals surface area contributed by atoms with E-state index in [1.165, 1.54) is 18.4 Å². The molecule has 0 unspecified atom stereocenters. The maximum atomic E-state index is 12.1. The van der Waals surface area contributed by atoms with E-state index in [1.54, 1.807) is 0 Å². The number of hydrogen-bond acceptors (Lipinski definition) is 3. The van der Waals surface area contributed by atoms with Gasteiger partial charge in [0.2, 0.25) is 5.91 Å². The Hall–Kier alpha value is -1.55. The van der Waals surface area contributed by atoms with E-state index in [9.17, 15) is 4.79 Å². The number of carbonyl (C=O) groups excluding carboxylic acids is 1. The molecule has 1 saturated carbocycles. The highest BCUT2D eigenvalue weighted by atomic mass is 16.5. The van der Waals surface area contributed by atoms with E-state index in [4.69, 9.17) is 10.5 Å². The normalized spacial score (nSPS) is 20.9. The van der Waals surface area contributed by atoms with Gasteiger partial charge in [0.1, 0.15) is 0 Å². The fourth-order valence-electron chi connectivity index (χ4n) is 2.47. The Balaban J connectivity index is 1.96. The summed E-state index contributed by atoms with van der Waals surface area (Å²) in [7, 11) is 0. The van der Waals surface area contributed by atoms with Gasteiger partial charge in [-0.05, 0) is 42.5 Å². The van der Waals surface area contributed by atoms with Crippen molar-refractivity contribution in [1.82, 2.24) is 0 Å². The van der Waals surface area contributed by atoms with Gasteiger partial charge in [-0.3, -0.25) is 4.79 Å². The van der Waals surface area contributed by atoms with Crippen LogP contribution < -0.4 is 10.6 Å². The van der Waals surface area contributed by atoms with Crippen LogP contribution >= 0.6 is 0 Å². The highest BCUT2D eigenvalue weighted by Crippen LogP contribution is 2.45. The zero-order valence-corrected chi connectivity index (χ0v) is 10.4. The molecule has 4 heteroatoms. The van der Waals surface area contributed by atoms with E-state index in [1.807, 2.05) is 23.1 Å². The summed E-state index contributed by atoms with van der Waals surface area (Å²) < 4.78 is 5.37. The number of nitrogen functional groups attached to an aromatic ring is 1. The van der Waals surface area contributed by atoms with Gasteiger partial charge in [-0.25, -0.2) is 0 Å². The van der Waals surface area contributed by atoms with Crippen LogP contribution in [0.25, 0.3) is 0 Å². The molecule has 1 aromatic carbocycles. The molecule has 0 radical (unpaired) electrons. The largest absolute Gasteiger partial charge is 0.399 e. The summed E-state index contributed by atoms with van der Waals surface area (Å²) in [5.41, 5.74) is 8.89. The summed E-state index contributed by atoms with van der Waals surface area (Å²) in [6.07, 6.45) is 2.87. The molecule has 2 aliphatic rings. The van der Waals surface area contributed by atoms with Crippen molar-refractivity contribution in [2.75, 3.05) is 30.4 Å². The van der Waals surface area contributed by atoms with Crippen molar-refractivity contribution in [1.29, 1.82) is 0 Å². The van der Waals surface area contributed by atoms with Crippen LogP contribution in [0.15, 0.2) is 18.2 Å². The monoisotopic (exact) mass is 246 g/mol. The Kier molecular flexibility index (Phi) is 2.96. The van der Waals surface area contributed by atoms with Crippen LogP contribution in [0.5, 0.6) is 0 Å². The molecule has 1 heterocycles. The number of ether oxygens (including phenoxy) is 1. The molecular formula is C14H18N2O2. The van der Waals surface area contributed by atoms with Crippen molar-refractivity contribution in [3.63, 3.8) is 0 Å². The minimum atomic E-state index is 0.152. The number of nitrogens with two attached hydrogens (primary N) is 1. The quantitative estimate of drug-likeness (QED) is 0.811. The molecule has 0 spiro atoms. The third-order valence-electron chi connectivity index (χ3n) is 3.58. The number of amides is 1. The molecule has 96 valence electrons. The van der Waals surface area contributed by atoms with Gasteiger partial charge < -0.3 is 15.4 Å². The minimum Gasteiger partial charge on any atom is -0.399 e.